The van der Waals surface area contributed by atoms with Gasteiger partial charge in [0.2, 0.25) is 10.0 Å². The maximum atomic E-state index is 11.6. The van der Waals surface area contributed by atoms with Gasteiger partial charge in [-0.3, -0.25) is 4.99 Å². The zero-order valence-corrected chi connectivity index (χ0v) is 18.2. The number of thiazole rings is 1. The second-order valence-corrected chi connectivity index (χ2v) is 10.7. The molecule has 1 aromatic rings. The van der Waals surface area contributed by atoms with E-state index >= 15 is 0 Å². The summed E-state index contributed by atoms with van der Waals surface area (Å²) in [5.41, 5.74) is 1.30. The number of aliphatic imine (C=N–C) groups is 1. The minimum absolute atomic E-state index is 0.473. The SMILES string of the molecule is CN=C(NCC1CCN(S(C)(=O)=O)CC1)N(C)Cc1nc2c(s1)CCCC2. The van der Waals surface area contributed by atoms with Gasteiger partial charge in [0.1, 0.15) is 5.01 Å². The molecule has 0 saturated carbocycles. The Morgan fingerprint density at radius 3 is 2.67 bits per heavy atom. The summed E-state index contributed by atoms with van der Waals surface area (Å²) in [6.45, 7) is 2.82. The fourth-order valence-corrected chi connectivity index (χ4v) is 5.90. The van der Waals surface area contributed by atoms with Crippen LogP contribution >= 0.6 is 11.3 Å². The Bertz CT molecular complexity index is 743. The molecule has 1 fully saturated rings. The molecule has 0 atom stereocenters. The molecule has 0 amide bonds. The van der Waals surface area contributed by atoms with Gasteiger partial charge in [0.15, 0.2) is 5.96 Å². The normalized spacial score (nSPS) is 19.7. The van der Waals surface area contributed by atoms with Crippen molar-refractivity contribution in [2.75, 3.05) is 40.0 Å². The molecule has 0 unspecified atom stereocenters. The van der Waals surface area contributed by atoms with E-state index in [1.54, 1.807) is 11.4 Å². The third-order valence-corrected chi connectivity index (χ3v) is 7.87. The number of hydrogen-bond donors (Lipinski definition) is 1. The van der Waals surface area contributed by atoms with Crippen molar-refractivity contribution >= 4 is 27.3 Å². The van der Waals surface area contributed by atoms with Gasteiger partial charge in [-0.1, -0.05) is 0 Å². The van der Waals surface area contributed by atoms with E-state index in [2.05, 4.69) is 15.2 Å². The summed E-state index contributed by atoms with van der Waals surface area (Å²) in [5.74, 6) is 1.34. The average molecular weight is 414 g/mol. The summed E-state index contributed by atoms with van der Waals surface area (Å²) in [6.07, 6.45) is 7.91. The molecule has 0 spiro atoms. The Hall–Kier alpha value is -1.19. The molecule has 0 radical (unpaired) electrons. The molecule has 1 aliphatic heterocycles. The van der Waals surface area contributed by atoms with E-state index in [0.717, 1.165) is 43.3 Å². The molecule has 2 aliphatic rings. The van der Waals surface area contributed by atoms with Gasteiger partial charge >= 0.3 is 0 Å². The van der Waals surface area contributed by atoms with Crippen LogP contribution in [0.3, 0.4) is 0 Å². The van der Waals surface area contributed by atoms with Gasteiger partial charge in [0, 0.05) is 38.6 Å². The van der Waals surface area contributed by atoms with Gasteiger partial charge in [-0.05, 0) is 44.4 Å². The first kappa shape index (κ1) is 20.5. The lowest BCUT2D eigenvalue weighted by Gasteiger charge is -2.31. The van der Waals surface area contributed by atoms with E-state index in [9.17, 15) is 8.42 Å². The zero-order chi connectivity index (χ0) is 19.4. The fourth-order valence-electron chi connectivity index (χ4n) is 3.82. The number of aryl methyl sites for hydroxylation is 2. The predicted molar refractivity (Wildman–Crippen MR) is 111 cm³/mol. The molecule has 1 aromatic heterocycles. The van der Waals surface area contributed by atoms with Crippen LogP contribution in [0, 0.1) is 5.92 Å². The third kappa shape index (κ3) is 5.42. The summed E-state index contributed by atoms with van der Waals surface area (Å²) in [6, 6.07) is 0. The van der Waals surface area contributed by atoms with Crippen molar-refractivity contribution in [3.63, 3.8) is 0 Å². The highest BCUT2D eigenvalue weighted by molar-refractivity contribution is 7.88. The molecule has 1 N–H and O–H groups in total. The van der Waals surface area contributed by atoms with Crippen LogP contribution in [0.4, 0.5) is 0 Å². The lowest BCUT2D eigenvalue weighted by Crippen LogP contribution is -2.44. The van der Waals surface area contributed by atoms with E-state index < -0.39 is 10.0 Å². The van der Waals surface area contributed by atoms with Crippen LogP contribution < -0.4 is 5.32 Å². The second kappa shape index (κ2) is 8.87. The molecule has 3 rings (SSSR count). The first-order chi connectivity index (χ1) is 12.9. The largest absolute Gasteiger partial charge is 0.356 e. The van der Waals surface area contributed by atoms with Crippen molar-refractivity contribution in [1.29, 1.82) is 0 Å². The van der Waals surface area contributed by atoms with Crippen LogP contribution in [0.1, 0.15) is 41.3 Å². The molecule has 1 aliphatic carbocycles. The molecule has 1 saturated heterocycles. The Balaban J connectivity index is 1.48. The van der Waals surface area contributed by atoms with Crippen molar-refractivity contribution in [3.8, 4) is 0 Å². The lowest BCUT2D eigenvalue weighted by molar-refractivity contribution is 0.273. The minimum atomic E-state index is -3.06. The highest BCUT2D eigenvalue weighted by Gasteiger charge is 2.25. The molecule has 9 heteroatoms. The van der Waals surface area contributed by atoms with Crippen molar-refractivity contribution in [2.24, 2.45) is 10.9 Å². The van der Waals surface area contributed by atoms with Crippen molar-refractivity contribution in [2.45, 2.75) is 45.1 Å². The van der Waals surface area contributed by atoms with Crippen LogP contribution in [0.5, 0.6) is 0 Å². The maximum absolute atomic E-state index is 11.6. The highest BCUT2D eigenvalue weighted by atomic mass is 32.2. The van der Waals surface area contributed by atoms with Gasteiger partial charge in [0.05, 0.1) is 18.5 Å². The van der Waals surface area contributed by atoms with Crippen molar-refractivity contribution < 1.29 is 8.42 Å². The standard InChI is InChI=1S/C18H31N5O2S2/c1-19-18(20-12-14-8-10-23(11-9-14)27(3,24)25)22(2)13-17-21-15-6-4-5-7-16(15)26-17/h14H,4-13H2,1-3H3,(H,19,20). The van der Waals surface area contributed by atoms with Crippen LogP contribution in [0.15, 0.2) is 4.99 Å². The Kier molecular flexibility index (Phi) is 6.75. The van der Waals surface area contributed by atoms with Gasteiger partial charge < -0.3 is 10.2 Å². The molecular weight excluding hydrogens is 382 g/mol. The van der Waals surface area contributed by atoms with Crippen LogP contribution in [-0.2, 0) is 29.4 Å². The van der Waals surface area contributed by atoms with E-state index in [0.29, 0.717) is 19.0 Å². The highest BCUT2D eigenvalue weighted by Crippen LogP contribution is 2.27. The van der Waals surface area contributed by atoms with E-state index in [1.165, 1.54) is 36.1 Å². The Morgan fingerprint density at radius 2 is 2.04 bits per heavy atom. The lowest BCUT2D eigenvalue weighted by atomic mass is 9.98. The first-order valence-electron chi connectivity index (χ1n) is 9.71. The smallest absolute Gasteiger partial charge is 0.211 e. The van der Waals surface area contributed by atoms with Crippen LogP contribution in [-0.4, -0.2) is 68.6 Å². The van der Waals surface area contributed by atoms with E-state index in [4.69, 9.17) is 4.98 Å². The zero-order valence-electron chi connectivity index (χ0n) is 16.6. The number of guanidine groups is 1. The number of hydrogen-bond acceptors (Lipinski definition) is 5. The summed E-state index contributed by atoms with van der Waals surface area (Å²) in [4.78, 5) is 12.8. The molecular formula is C18H31N5O2S2. The van der Waals surface area contributed by atoms with Crippen LogP contribution in [0.25, 0.3) is 0 Å². The Morgan fingerprint density at radius 1 is 1.33 bits per heavy atom. The fraction of sp³-hybridized carbons (Fsp3) is 0.778. The number of nitrogens with zero attached hydrogens (tertiary/aromatic N) is 4. The quantitative estimate of drug-likeness (QED) is 0.587. The first-order valence-corrected chi connectivity index (χ1v) is 12.4. The Labute approximate surface area is 166 Å². The molecule has 7 nitrogen and oxygen atoms in total. The molecule has 0 bridgehead atoms. The third-order valence-electron chi connectivity index (χ3n) is 5.43. The van der Waals surface area contributed by atoms with Crippen molar-refractivity contribution in [3.05, 3.63) is 15.6 Å². The van der Waals surface area contributed by atoms with Gasteiger partial charge in [-0.25, -0.2) is 17.7 Å². The summed E-state index contributed by atoms with van der Waals surface area (Å²) in [7, 11) is 0.787. The van der Waals surface area contributed by atoms with Gasteiger partial charge in [-0.15, -0.1) is 11.3 Å². The number of fused-ring (bicyclic) bond motifs is 1. The molecule has 27 heavy (non-hydrogen) atoms. The number of piperidine rings is 1. The molecule has 2 heterocycles. The molecule has 0 aromatic carbocycles. The van der Waals surface area contributed by atoms with E-state index in [1.807, 2.05) is 18.4 Å². The summed E-state index contributed by atoms with van der Waals surface area (Å²) >= 11 is 1.84. The number of sulfonamides is 1. The topological polar surface area (TPSA) is 77.9 Å². The summed E-state index contributed by atoms with van der Waals surface area (Å²) < 4.78 is 24.8. The number of rotatable bonds is 5. The predicted octanol–water partition coefficient (Wildman–Crippen LogP) is 1.70. The monoisotopic (exact) mass is 413 g/mol. The number of nitrogens with one attached hydrogen (secondary N) is 1. The number of aromatic nitrogens is 1. The maximum Gasteiger partial charge on any atom is 0.211 e. The van der Waals surface area contributed by atoms with Gasteiger partial charge in [0.25, 0.3) is 0 Å². The molecule has 152 valence electrons. The van der Waals surface area contributed by atoms with Gasteiger partial charge in [-0.2, -0.15) is 0 Å². The van der Waals surface area contributed by atoms with E-state index in [-0.39, 0.29) is 0 Å². The van der Waals surface area contributed by atoms with Crippen molar-refractivity contribution in [1.82, 2.24) is 19.5 Å². The van der Waals surface area contributed by atoms with Crippen LogP contribution in [0.2, 0.25) is 0 Å². The minimum Gasteiger partial charge on any atom is -0.356 e. The average Bonchev–Trinajstić information content (AvgIpc) is 3.04. The second-order valence-electron chi connectivity index (χ2n) is 7.57. The summed E-state index contributed by atoms with van der Waals surface area (Å²) in [5, 5.41) is 4.62.